The zero-order valence-electron chi connectivity index (χ0n) is 13.1. The third-order valence-corrected chi connectivity index (χ3v) is 5.30. The van der Waals surface area contributed by atoms with Crippen LogP contribution in [0.4, 0.5) is 0 Å². The van der Waals surface area contributed by atoms with E-state index in [1.54, 1.807) is 11.3 Å². The smallest absolute Gasteiger partial charge is 0.122 e. The van der Waals surface area contributed by atoms with Crippen LogP contribution in [0.2, 0.25) is 0 Å². The average Bonchev–Trinajstić information content (AvgIpc) is 3.03. The zero-order valence-corrected chi connectivity index (χ0v) is 13.9. The van der Waals surface area contributed by atoms with Crippen molar-refractivity contribution in [2.45, 2.75) is 46.2 Å². The lowest BCUT2D eigenvalue weighted by Gasteiger charge is -2.20. The Morgan fingerprint density at radius 3 is 2.76 bits per heavy atom. The quantitative estimate of drug-likeness (QED) is 0.923. The Bertz CT molecular complexity index is 650. The lowest BCUT2D eigenvalue weighted by atomic mass is 10.0. The summed E-state index contributed by atoms with van der Waals surface area (Å²) in [5.41, 5.74) is 3.80. The molecule has 0 aliphatic carbocycles. The highest BCUT2D eigenvalue weighted by Gasteiger charge is 2.18. The lowest BCUT2D eigenvalue weighted by Crippen LogP contribution is -2.22. The molecule has 0 amide bonds. The van der Waals surface area contributed by atoms with Crippen molar-refractivity contribution in [3.63, 3.8) is 0 Å². The highest BCUT2D eigenvalue weighted by molar-refractivity contribution is 7.11. The third-order valence-electron chi connectivity index (χ3n) is 4.05. The number of rotatable bonds is 4. The molecule has 2 heterocycles. The van der Waals surface area contributed by atoms with Gasteiger partial charge >= 0.3 is 0 Å². The SMILES string of the molecule is Cc1nc(C)c(C(C)NC(C)c2ccc3c(c2)CCO3)s1. The number of aryl methyl sites for hydroxylation is 2. The van der Waals surface area contributed by atoms with Crippen molar-refractivity contribution in [3.8, 4) is 5.75 Å². The van der Waals surface area contributed by atoms with E-state index in [0.29, 0.717) is 12.1 Å². The standard InChI is InChI=1S/C17H22N2OS/c1-10(14-5-6-16-15(9-14)7-8-20-16)18-11(2)17-12(3)19-13(4)21-17/h5-6,9-11,18H,7-8H2,1-4H3. The summed E-state index contributed by atoms with van der Waals surface area (Å²) >= 11 is 1.79. The van der Waals surface area contributed by atoms with Gasteiger partial charge in [0.15, 0.2) is 0 Å². The number of nitrogens with one attached hydrogen (secondary N) is 1. The van der Waals surface area contributed by atoms with Gasteiger partial charge in [0, 0.05) is 23.4 Å². The zero-order chi connectivity index (χ0) is 15.0. The molecule has 21 heavy (non-hydrogen) atoms. The molecule has 0 fully saturated rings. The number of hydrogen-bond acceptors (Lipinski definition) is 4. The van der Waals surface area contributed by atoms with Crippen LogP contribution in [0.25, 0.3) is 0 Å². The highest BCUT2D eigenvalue weighted by Crippen LogP contribution is 2.30. The molecule has 4 heteroatoms. The molecule has 3 rings (SSSR count). The van der Waals surface area contributed by atoms with Crippen LogP contribution in [0.3, 0.4) is 0 Å². The predicted octanol–water partition coefficient (Wildman–Crippen LogP) is 4.11. The Morgan fingerprint density at radius 1 is 1.24 bits per heavy atom. The number of ether oxygens (including phenoxy) is 1. The number of aromatic nitrogens is 1. The van der Waals surface area contributed by atoms with Crippen molar-refractivity contribution in [3.05, 3.63) is 44.9 Å². The summed E-state index contributed by atoms with van der Waals surface area (Å²) in [4.78, 5) is 5.86. The fourth-order valence-electron chi connectivity index (χ4n) is 2.97. The molecule has 0 spiro atoms. The summed E-state index contributed by atoms with van der Waals surface area (Å²) < 4.78 is 5.58. The van der Waals surface area contributed by atoms with E-state index >= 15 is 0 Å². The van der Waals surface area contributed by atoms with Crippen LogP contribution in [0, 0.1) is 13.8 Å². The molecule has 1 aromatic carbocycles. The first-order valence-corrected chi connectivity index (χ1v) is 8.32. The van der Waals surface area contributed by atoms with E-state index in [1.807, 2.05) is 0 Å². The number of fused-ring (bicyclic) bond motifs is 1. The fraction of sp³-hybridized carbons (Fsp3) is 0.471. The van der Waals surface area contributed by atoms with Gasteiger partial charge in [-0.25, -0.2) is 4.98 Å². The van der Waals surface area contributed by atoms with Crippen LogP contribution in [0.15, 0.2) is 18.2 Å². The normalized spacial score (nSPS) is 16.4. The molecule has 0 saturated heterocycles. The minimum absolute atomic E-state index is 0.313. The van der Waals surface area contributed by atoms with Crippen LogP contribution in [-0.4, -0.2) is 11.6 Å². The molecular weight excluding hydrogens is 280 g/mol. The van der Waals surface area contributed by atoms with Gasteiger partial charge in [-0.2, -0.15) is 0 Å². The number of thiazole rings is 1. The van der Waals surface area contributed by atoms with E-state index in [1.165, 1.54) is 16.0 Å². The molecule has 0 radical (unpaired) electrons. The Kier molecular flexibility index (Phi) is 4.00. The second-order valence-corrected chi connectivity index (χ2v) is 6.99. The first-order valence-electron chi connectivity index (χ1n) is 7.50. The van der Waals surface area contributed by atoms with Crippen LogP contribution < -0.4 is 10.1 Å². The van der Waals surface area contributed by atoms with Gasteiger partial charge in [-0.05, 0) is 44.9 Å². The summed E-state index contributed by atoms with van der Waals surface area (Å²) in [5.74, 6) is 1.05. The first kappa shape index (κ1) is 14.5. The van der Waals surface area contributed by atoms with Gasteiger partial charge in [-0.15, -0.1) is 11.3 Å². The molecular formula is C17H22N2OS. The molecule has 2 aromatic rings. The average molecular weight is 302 g/mol. The van der Waals surface area contributed by atoms with Gasteiger partial charge < -0.3 is 10.1 Å². The maximum absolute atomic E-state index is 5.58. The molecule has 0 bridgehead atoms. The molecule has 1 N–H and O–H groups in total. The molecule has 1 aromatic heterocycles. The van der Waals surface area contributed by atoms with E-state index in [9.17, 15) is 0 Å². The van der Waals surface area contributed by atoms with Crippen molar-refractivity contribution in [2.75, 3.05) is 6.61 Å². The molecule has 3 nitrogen and oxygen atoms in total. The first-order chi connectivity index (χ1) is 10.0. The second-order valence-electron chi connectivity index (χ2n) is 5.76. The van der Waals surface area contributed by atoms with Crippen molar-refractivity contribution >= 4 is 11.3 Å². The summed E-state index contributed by atoms with van der Waals surface area (Å²) in [5, 5.41) is 4.82. The summed E-state index contributed by atoms with van der Waals surface area (Å²) in [6.45, 7) is 9.41. The van der Waals surface area contributed by atoms with Gasteiger partial charge in [-0.3, -0.25) is 0 Å². The minimum Gasteiger partial charge on any atom is -0.493 e. The van der Waals surface area contributed by atoms with Crippen LogP contribution in [0.1, 0.15) is 52.6 Å². The molecule has 2 atom stereocenters. The van der Waals surface area contributed by atoms with Crippen LogP contribution in [0.5, 0.6) is 5.75 Å². The lowest BCUT2D eigenvalue weighted by molar-refractivity contribution is 0.356. The summed E-state index contributed by atoms with van der Waals surface area (Å²) in [7, 11) is 0. The maximum Gasteiger partial charge on any atom is 0.122 e. The number of nitrogens with zero attached hydrogens (tertiary/aromatic N) is 1. The van der Waals surface area contributed by atoms with Gasteiger partial charge in [-0.1, -0.05) is 12.1 Å². The van der Waals surface area contributed by atoms with E-state index < -0.39 is 0 Å². The van der Waals surface area contributed by atoms with Gasteiger partial charge in [0.2, 0.25) is 0 Å². The Labute approximate surface area is 130 Å². The molecule has 1 aliphatic rings. The molecule has 112 valence electrons. The van der Waals surface area contributed by atoms with Gasteiger partial charge in [0.25, 0.3) is 0 Å². The maximum atomic E-state index is 5.58. The molecule has 2 unspecified atom stereocenters. The van der Waals surface area contributed by atoms with Crippen molar-refractivity contribution < 1.29 is 4.74 Å². The topological polar surface area (TPSA) is 34.2 Å². The summed E-state index contributed by atoms with van der Waals surface area (Å²) in [6.07, 6.45) is 1.03. The second kappa shape index (κ2) is 5.78. The Balaban J connectivity index is 1.74. The Hall–Kier alpha value is -1.39. The number of hydrogen-bond donors (Lipinski definition) is 1. The molecule has 0 saturated carbocycles. The predicted molar refractivity (Wildman–Crippen MR) is 87.2 cm³/mol. The summed E-state index contributed by atoms with van der Waals surface area (Å²) in [6, 6.07) is 7.17. The van der Waals surface area contributed by atoms with E-state index in [-0.39, 0.29) is 0 Å². The van der Waals surface area contributed by atoms with Gasteiger partial charge in [0.1, 0.15) is 5.75 Å². The van der Waals surface area contributed by atoms with E-state index in [2.05, 4.69) is 56.2 Å². The number of benzene rings is 1. The van der Waals surface area contributed by atoms with Crippen LogP contribution in [-0.2, 0) is 6.42 Å². The largest absolute Gasteiger partial charge is 0.493 e. The van der Waals surface area contributed by atoms with Crippen molar-refractivity contribution in [1.82, 2.24) is 10.3 Å². The fourth-order valence-corrected chi connectivity index (χ4v) is 3.91. The Morgan fingerprint density at radius 2 is 2.05 bits per heavy atom. The van der Waals surface area contributed by atoms with E-state index in [0.717, 1.165) is 29.5 Å². The monoisotopic (exact) mass is 302 g/mol. The van der Waals surface area contributed by atoms with Crippen molar-refractivity contribution in [2.24, 2.45) is 0 Å². The van der Waals surface area contributed by atoms with Crippen LogP contribution >= 0.6 is 11.3 Å². The van der Waals surface area contributed by atoms with Crippen molar-refractivity contribution in [1.29, 1.82) is 0 Å². The molecule has 1 aliphatic heterocycles. The minimum atomic E-state index is 0.313. The third kappa shape index (κ3) is 2.97. The van der Waals surface area contributed by atoms with Gasteiger partial charge in [0.05, 0.1) is 17.3 Å². The van der Waals surface area contributed by atoms with E-state index in [4.69, 9.17) is 4.74 Å². The highest BCUT2D eigenvalue weighted by atomic mass is 32.1.